The van der Waals surface area contributed by atoms with Gasteiger partial charge in [0, 0.05) is 31.1 Å². The molecular formula is C19H18N4O3. The third kappa shape index (κ3) is 3.99. The molecule has 1 atom stereocenters. The molecule has 0 aliphatic carbocycles. The summed E-state index contributed by atoms with van der Waals surface area (Å²) in [7, 11) is 1.84. The highest BCUT2D eigenvalue weighted by Gasteiger charge is 2.16. The number of aromatic amines is 1. The van der Waals surface area contributed by atoms with Gasteiger partial charge >= 0.3 is 0 Å². The van der Waals surface area contributed by atoms with E-state index in [-0.39, 0.29) is 24.6 Å². The molecule has 1 aromatic carbocycles. The van der Waals surface area contributed by atoms with Gasteiger partial charge in [0.25, 0.3) is 5.56 Å². The molecule has 0 saturated carbocycles. The number of aliphatic hydroxyl groups excluding tert-OH is 1. The number of aryl methyl sites for hydroxylation is 1. The Labute approximate surface area is 150 Å². The fraction of sp³-hybridized carbons (Fsp3) is 0.211. The molecule has 0 radical (unpaired) electrons. The largest absolute Gasteiger partial charge is 0.502 e. The Kier molecular flexibility index (Phi) is 5.15. The molecule has 132 valence electrons. The van der Waals surface area contributed by atoms with Gasteiger partial charge in [-0.1, -0.05) is 24.0 Å². The van der Waals surface area contributed by atoms with Crippen molar-refractivity contribution in [3.63, 3.8) is 0 Å². The molecule has 3 rings (SSSR count). The van der Waals surface area contributed by atoms with Crippen molar-refractivity contribution in [2.45, 2.75) is 12.3 Å². The van der Waals surface area contributed by atoms with Crippen LogP contribution in [-0.2, 0) is 13.5 Å². The van der Waals surface area contributed by atoms with Gasteiger partial charge in [-0.2, -0.15) is 5.10 Å². The molecule has 0 saturated heterocycles. The Balaban J connectivity index is 1.76. The van der Waals surface area contributed by atoms with Gasteiger partial charge < -0.3 is 15.2 Å². The minimum Gasteiger partial charge on any atom is -0.502 e. The minimum absolute atomic E-state index is 0.130. The molecule has 7 nitrogen and oxygen atoms in total. The van der Waals surface area contributed by atoms with Crippen LogP contribution >= 0.6 is 0 Å². The first-order chi connectivity index (χ1) is 12.6. The molecule has 0 amide bonds. The van der Waals surface area contributed by atoms with Gasteiger partial charge in [0.1, 0.15) is 0 Å². The number of benzene rings is 1. The predicted octanol–water partition coefficient (Wildman–Crippen LogP) is 0.927. The molecule has 0 aliphatic rings. The number of nitrogens with one attached hydrogen (secondary N) is 1. The van der Waals surface area contributed by atoms with Gasteiger partial charge in [-0.05, 0) is 17.7 Å². The lowest BCUT2D eigenvalue weighted by Gasteiger charge is -2.14. The zero-order valence-electron chi connectivity index (χ0n) is 14.2. The third-order valence-electron chi connectivity index (χ3n) is 4.00. The summed E-state index contributed by atoms with van der Waals surface area (Å²) in [6.07, 6.45) is 5.03. The maximum Gasteiger partial charge on any atom is 0.293 e. The molecule has 26 heavy (non-hydrogen) atoms. The van der Waals surface area contributed by atoms with Gasteiger partial charge in [0.15, 0.2) is 0 Å². The van der Waals surface area contributed by atoms with Crippen LogP contribution in [0.2, 0.25) is 0 Å². The Morgan fingerprint density at radius 3 is 2.62 bits per heavy atom. The molecule has 2 aromatic heterocycles. The zero-order chi connectivity index (χ0) is 18.5. The number of hydrogen-bond donors (Lipinski definition) is 3. The fourth-order valence-corrected chi connectivity index (χ4v) is 2.57. The number of rotatable bonds is 4. The van der Waals surface area contributed by atoms with Crippen LogP contribution in [0.3, 0.4) is 0 Å². The Hall–Kier alpha value is -3.37. The molecule has 0 fully saturated rings. The Morgan fingerprint density at radius 2 is 1.96 bits per heavy atom. The minimum atomic E-state index is -0.590. The normalized spacial score (nSPS) is 11.6. The first-order valence-electron chi connectivity index (χ1n) is 8.04. The summed E-state index contributed by atoms with van der Waals surface area (Å²) in [4.78, 5) is 17.7. The van der Waals surface area contributed by atoms with Gasteiger partial charge in [-0.25, -0.2) is 4.98 Å². The van der Waals surface area contributed by atoms with Crippen molar-refractivity contribution in [3.05, 3.63) is 75.7 Å². The van der Waals surface area contributed by atoms with Crippen molar-refractivity contribution < 1.29 is 10.2 Å². The molecular weight excluding hydrogens is 332 g/mol. The monoisotopic (exact) mass is 350 g/mol. The summed E-state index contributed by atoms with van der Waals surface area (Å²) >= 11 is 0. The van der Waals surface area contributed by atoms with Crippen LogP contribution < -0.4 is 5.56 Å². The van der Waals surface area contributed by atoms with E-state index in [1.165, 1.54) is 6.33 Å². The van der Waals surface area contributed by atoms with Crippen LogP contribution in [-0.4, -0.2) is 36.6 Å². The Bertz CT molecular complexity index is 1010. The number of aromatic hydroxyl groups is 1. The van der Waals surface area contributed by atoms with Gasteiger partial charge in [0.05, 0.1) is 30.4 Å². The Morgan fingerprint density at radius 1 is 1.23 bits per heavy atom. The highest BCUT2D eigenvalue weighted by Crippen LogP contribution is 2.22. The molecule has 3 N–H and O–H groups in total. The first-order valence-corrected chi connectivity index (χ1v) is 8.04. The van der Waals surface area contributed by atoms with Crippen molar-refractivity contribution in [1.29, 1.82) is 0 Å². The second-order valence-corrected chi connectivity index (χ2v) is 5.89. The van der Waals surface area contributed by atoms with E-state index in [1.807, 2.05) is 37.5 Å². The fourth-order valence-electron chi connectivity index (χ4n) is 2.57. The summed E-state index contributed by atoms with van der Waals surface area (Å²) in [5.41, 5.74) is 2.22. The first kappa shape index (κ1) is 17.5. The molecule has 3 aromatic rings. The number of aliphatic hydroxyl groups is 1. The van der Waals surface area contributed by atoms with E-state index in [4.69, 9.17) is 0 Å². The van der Waals surface area contributed by atoms with E-state index in [9.17, 15) is 15.0 Å². The zero-order valence-corrected chi connectivity index (χ0v) is 14.2. The summed E-state index contributed by atoms with van der Waals surface area (Å²) in [6.45, 7) is -0.130. The SMILES string of the molecule is Cn1cc(C#Cc2ccc(C(CO)Cc3nc[nH]c(=O)c3O)cc2)cn1. The lowest BCUT2D eigenvalue weighted by atomic mass is 9.94. The lowest BCUT2D eigenvalue weighted by Crippen LogP contribution is -2.14. The number of hydrogen-bond acceptors (Lipinski definition) is 5. The van der Waals surface area contributed by atoms with Crippen LogP contribution in [0.25, 0.3) is 0 Å². The predicted molar refractivity (Wildman–Crippen MR) is 95.7 cm³/mol. The summed E-state index contributed by atoms with van der Waals surface area (Å²) in [5.74, 6) is 5.40. The second-order valence-electron chi connectivity index (χ2n) is 5.89. The molecule has 2 heterocycles. The van der Waals surface area contributed by atoms with Crippen LogP contribution in [0.5, 0.6) is 5.75 Å². The average molecular weight is 350 g/mol. The second kappa shape index (κ2) is 7.68. The summed E-state index contributed by atoms with van der Waals surface area (Å²) < 4.78 is 1.69. The summed E-state index contributed by atoms with van der Waals surface area (Å²) in [6, 6.07) is 7.48. The molecule has 1 unspecified atom stereocenters. The van der Waals surface area contributed by atoms with Crippen molar-refractivity contribution in [2.24, 2.45) is 7.05 Å². The van der Waals surface area contributed by atoms with Crippen LogP contribution in [0.4, 0.5) is 0 Å². The highest BCUT2D eigenvalue weighted by molar-refractivity contribution is 5.42. The van der Waals surface area contributed by atoms with Crippen LogP contribution in [0, 0.1) is 11.8 Å². The van der Waals surface area contributed by atoms with E-state index < -0.39 is 11.3 Å². The van der Waals surface area contributed by atoms with Gasteiger partial charge in [0.2, 0.25) is 5.75 Å². The average Bonchev–Trinajstić information content (AvgIpc) is 3.07. The molecule has 0 aliphatic heterocycles. The lowest BCUT2D eigenvalue weighted by molar-refractivity contribution is 0.263. The number of H-pyrrole nitrogens is 1. The maximum atomic E-state index is 11.5. The third-order valence-corrected chi connectivity index (χ3v) is 4.00. The van der Waals surface area contributed by atoms with Crippen molar-refractivity contribution in [2.75, 3.05) is 6.61 Å². The van der Waals surface area contributed by atoms with Crippen molar-refractivity contribution in [3.8, 4) is 17.6 Å². The van der Waals surface area contributed by atoms with Crippen LogP contribution in [0.15, 0.2) is 47.8 Å². The molecule has 0 spiro atoms. The van der Waals surface area contributed by atoms with Gasteiger partial charge in [-0.3, -0.25) is 9.48 Å². The highest BCUT2D eigenvalue weighted by atomic mass is 16.3. The summed E-state index contributed by atoms with van der Waals surface area (Å²) in [5, 5.41) is 23.6. The van der Waals surface area contributed by atoms with E-state index in [2.05, 4.69) is 26.9 Å². The standard InChI is InChI=1S/C19H18N4O3/c1-23-10-14(9-22-23)3-2-13-4-6-15(7-5-13)16(11-24)8-17-18(25)19(26)21-12-20-17/h4-7,9-10,12,16,24-25H,8,11H2,1H3,(H,20,21,26). The van der Waals surface area contributed by atoms with Crippen molar-refractivity contribution in [1.82, 2.24) is 19.7 Å². The molecule has 7 heteroatoms. The maximum absolute atomic E-state index is 11.5. The van der Waals surface area contributed by atoms with Crippen molar-refractivity contribution >= 4 is 0 Å². The van der Waals surface area contributed by atoms with E-state index in [1.54, 1.807) is 10.9 Å². The van der Waals surface area contributed by atoms with E-state index >= 15 is 0 Å². The molecule has 0 bridgehead atoms. The van der Waals surface area contributed by atoms with Gasteiger partial charge in [-0.15, -0.1) is 0 Å². The quantitative estimate of drug-likeness (QED) is 0.607. The number of nitrogens with zero attached hydrogens (tertiary/aromatic N) is 3. The topological polar surface area (TPSA) is 104 Å². The van der Waals surface area contributed by atoms with E-state index in [0.717, 1.165) is 16.7 Å². The number of aromatic nitrogens is 4. The van der Waals surface area contributed by atoms with Crippen LogP contribution in [0.1, 0.15) is 28.3 Å². The smallest absolute Gasteiger partial charge is 0.293 e. The van der Waals surface area contributed by atoms with E-state index in [0.29, 0.717) is 0 Å².